The summed E-state index contributed by atoms with van der Waals surface area (Å²) >= 11 is 1.28. The molecule has 1 amide bonds. The van der Waals surface area contributed by atoms with E-state index < -0.39 is 11.9 Å². The smallest absolute Gasteiger partial charge is 0.353 e. The van der Waals surface area contributed by atoms with Crippen LogP contribution in [-0.2, 0) is 4.79 Å². The molecule has 0 saturated heterocycles. The molecule has 3 rings (SSSR count). The van der Waals surface area contributed by atoms with E-state index in [0.717, 1.165) is 11.1 Å². The maximum Gasteiger partial charge on any atom is 0.353 e. The van der Waals surface area contributed by atoms with Gasteiger partial charge >= 0.3 is 5.97 Å². The van der Waals surface area contributed by atoms with Crippen molar-refractivity contribution in [2.75, 3.05) is 12.4 Å². The average molecular weight is 433 g/mol. The predicted octanol–water partition coefficient (Wildman–Crippen LogP) is 5.14. The summed E-state index contributed by atoms with van der Waals surface area (Å²) in [6, 6.07) is 15.8. The Morgan fingerprint density at radius 3 is 2.55 bits per heavy atom. The van der Waals surface area contributed by atoms with Gasteiger partial charge in [0.15, 0.2) is 11.5 Å². The number of nitrogens with zero attached hydrogens (tertiary/aromatic N) is 1. The lowest BCUT2D eigenvalue weighted by atomic mass is 10.1. The van der Waals surface area contributed by atoms with Gasteiger partial charge in [-0.1, -0.05) is 29.8 Å². The molecule has 31 heavy (non-hydrogen) atoms. The van der Waals surface area contributed by atoms with E-state index in [1.807, 2.05) is 32.0 Å². The number of esters is 1. The predicted molar refractivity (Wildman–Crippen MR) is 120 cm³/mol. The first-order valence-electron chi connectivity index (χ1n) is 9.35. The molecule has 7 heteroatoms. The molecule has 6 nitrogen and oxygen atoms in total. The summed E-state index contributed by atoms with van der Waals surface area (Å²) in [7, 11) is 1.45. The highest BCUT2D eigenvalue weighted by Gasteiger charge is 2.15. The van der Waals surface area contributed by atoms with E-state index >= 15 is 0 Å². The Morgan fingerprint density at radius 1 is 1.10 bits per heavy atom. The number of benzene rings is 2. The Kier molecular flexibility index (Phi) is 6.85. The lowest BCUT2D eigenvalue weighted by Gasteiger charge is -2.10. The van der Waals surface area contributed by atoms with Crippen LogP contribution in [-0.4, -0.2) is 19.0 Å². The van der Waals surface area contributed by atoms with E-state index in [-0.39, 0.29) is 11.3 Å². The van der Waals surface area contributed by atoms with Gasteiger partial charge in [0.2, 0.25) is 0 Å². The minimum absolute atomic E-state index is 0.0645. The van der Waals surface area contributed by atoms with Crippen molar-refractivity contribution < 1.29 is 19.1 Å². The standard InChI is InChI=1S/C24H20N2O4S/c1-15-6-8-19(16(2)11-15)26-23(27)18(14-25)12-17-7-9-20(21(13-17)29-3)30-24(28)22-5-4-10-31-22/h4-13H,1-3H3,(H,26,27)/b18-12+. The Hall–Kier alpha value is -3.89. The summed E-state index contributed by atoms with van der Waals surface area (Å²) in [5, 5.41) is 14.0. The van der Waals surface area contributed by atoms with Crippen molar-refractivity contribution in [2.45, 2.75) is 13.8 Å². The number of aryl methyl sites for hydroxylation is 2. The third-order valence-corrected chi connectivity index (χ3v) is 5.27. The summed E-state index contributed by atoms with van der Waals surface area (Å²) in [4.78, 5) is 25.2. The van der Waals surface area contributed by atoms with Crippen LogP contribution in [0.4, 0.5) is 5.69 Å². The maximum atomic E-state index is 12.6. The molecule has 0 saturated carbocycles. The number of nitriles is 1. The minimum Gasteiger partial charge on any atom is -0.493 e. The molecule has 0 atom stereocenters. The van der Waals surface area contributed by atoms with Crippen molar-refractivity contribution in [3.63, 3.8) is 0 Å². The van der Waals surface area contributed by atoms with Gasteiger partial charge in [-0.3, -0.25) is 4.79 Å². The van der Waals surface area contributed by atoms with E-state index in [1.165, 1.54) is 24.5 Å². The van der Waals surface area contributed by atoms with E-state index in [1.54, 1.807) is 41.8 Å². The summed E-state index contributed by atoms with van der Waals surface area (Å²) in [5.74, 6) is -0.439. The van der Waals surface area contributed by atoms with Crippen LogP contribution < -0.4 is 14.8 Å². The van der Waals surface area contributed by atoms with Crippen molar-refractivity contribution in [3.8, 4) is 17.6 Å². The van der Waals surface area contributed by atoms with Crippen molar-refractivity contribution >= 4 is 35.0 Å². The zero-order chi connectivity index (χ0) is 22.4. The number of nitrogens with one attached hydrogen (secondary N) is 1. The lowest BCUT2D eigenvalue weighted by Crippen LogP contribution is -2.14. The number of thiophene rings is 1. The monoisotopic (exact) mass is 432 g/mol. The van der Waals surface area contributed by atoms with Gasteiger partial charge in [0.1, 0.15) is 16.5 Å². The zero-order valence-electron chi connectivity index (χ0n) is 17.3. The molecule has 156 valence electrons. The topological polar surface area (TPSA) is 88.4 Å². The van der Waals surface area contributed by atoms with E-state index in [2.05, 4.69) is 5.32 Å². The largest absolute Gasteiger partial charge is 0.493 e. The number of rotatable bonds is 6. The fraction of sp³-hybridized carbons (Fsp3) is 0.125. The third-order valence-electron chi connectivity index (χ3n) is 4.42. The van der Waals surface area contributed by atoms with Crippen LogP contribution in [0.5, 0.6) is 11.5 Å². The fourth-order valence-corrected chi connectivity index (χ4v) is 3.46. The molecule has 1 N–H and O–H groups in total. The highest BCUT2D eigenvalue weighted by molar-refractivity contribution is 7.12. The van der Waals surface area contributed by atoms with Crippen molar-refractivity contribution in [3.05, 3.63) is 81.1 Å². The van der Waals surface area contributed by atoms with Crippen LogP contribution in [0.1, 0.15) is 26.4 Å². The Morgan fingerprint density at radius 2 is 1.90 bits per heavy atom. The summed E-state index contributed by atoms with van der Waals surface area (Å²) in [6.07, 6.45) is 1.45. The number of ether oxygens (including phenoxy) is 2. The van der Waals surface area contributed by atoms with Gasteiger partial charge in [-0.2, -0.15) is 5.26 Å². The van der Waals surface area contributed by atoms with Crippen molar-refractivity contribution in [1.82, 2.24) is 0 Å². The number of hydrogen-bond donors (Lipinski definition) is 1. The van der Waals surface area contributed by atoms with Gasteiger partial charge in [-0.05, 0) is 60.7 Å². The van der Waals surface area contributed by atoms with Gasteiger partial charge < -0.3 is 14.8 Å². The molecule has 0 radical (unpaired) electrons. The minimum atomic E-state index is -0.512. The van der Waals surface area contributed by atoms with Crippen LogP contribution in [0.15, 0.2) is 59.5 Å². The lowest BCUT2D eigenvalue weighted by molar-refractivity contribution is -0.112. The molecule has 0 aliphatic carbocycles. The van der Waals surface area contributed by atoms with Crippen LogP contribution in [0, 0.1) is 25.2 Å². The summed E-state index contributed by atoms with van der Waals surface area (Å²) in [5.41, 5.74) is 3.12. The number of amides is 1. The number of carbonyl (C=O) groups is 2. The zero-order valence-corrected chi connectivity index (χ0v) is 18.1. The SMILES string of the molecule is COc1cc(/C=C(\C#N)C(=O)Nc2ccc(C)cc2C)ccc1OC(=O)c1cccs1. The van der Waals surface area contributed by atoms with Gasteiger partial charge in [-0.15, -0.1) is 11.3 Å². The molecule has 0 spiro atoms. The summed E-state index contributed by atoms with van der Waals surface area (Å²) in [6.45, 7) is 3.85. The van der Waals surface area contributed by atoms with Crippen molar-refractivity contribution in [1.29, 1.82) is 5.26 Å². The van der Waals surface area contributed by atoms with E-state index in [9.17, 15) is 14.9 Å². The molecule has 3 aromatic rings. The second kappa shape index (κ2) is 9.74. The van der Waals surface area contributed by atoms with Crippen molar-refractivity contribution in [2.24, 2.45) is 0 Å². The van der Waals surface area contributed by atoms with E-state index in [0.29, 0.717) is 21.9 Å². The van der Waals surface area contributed by atoms with Gasteiger partial charge in [0.25, 0.3) is 5.91 Å². The van der Waals surface area contributed by atoms with Gasteiger partial charge in [0, 0.05) is 5.69 Å². The first-order chi connectivity index (χ1) is 14.9. The molecular formula is C24H20N2O4S. The van der Waals surface area contributed by atoms with Crippen LogP contribution >= 0.6 is 11.3 Å². The highest BCUT2D eigenvalue weighted by atomic mass is 32.1. The number of hydrogen-bond acceptors (Lipinski definition) is 6. The number of anilines is 1. The molecule has 0 unspecified atom stereocenters. The van der Waals surface area contributed by atoms with Gasteiger partial charge in [0.05, 0.1) is 7.11 Å². The Bertz CT molecular complexity index is 1190. The third kappa shape index (κ3) is 5.38. The normalized spacial score (nSPS) is 10.8. The number of methoxy groups -OCH3 is 1. The molecule has 1 aromatic heterocycles. The Balaban J connectivity index is 1.81. The molecule has 0 bridgehead atoms. The van der Waals surface area contributed by atoms with Crippen LogP contribution in [0.25, 0.3) is 6.08 Å². The molecule has 0 aliphatic rings. The van der Waals surface area contributed by atoms with Crippen LogP contribution in [0.3, 0.4) is 0 Å². The maximum absolute atomic E-state index is 12.6. The molecule has 1 heterocycles. The molecule has 0 fully saturated rings. The first-order valence-corrected chi connectivity index (χ1v) is 10.2. The highest BCUT2D eigenvalue weighted by Crippen LogP contribution is 2.30. The number of carbonyl (C=O) groups excluding carboxylic acids is 2. The second-order valence-electron chi connectivity index (χ2n) is 6.72. The average Bonchev–Trinajstić information content (AvgIpc) is 3.30. The first kappa shape index (κ1) is 21.8. The quantitative estimate of drug-likeness (QED) is 0.252. The second-order valence-corrected chi connectivity index (χ2v) is 7.67. The molecular weight excluding hydrogens is 412 g/mol. The molecule has 0 aliphatic heterocycles. The van der Waals surface area contributed by atoms with Gasteiger partial charge in [-0.25, -0.2) is 4.79 Å². The molecule has 2 aromatic carbocycles. The van der Waals surface area contributed by atoms with Crippen LogP contribution in [0.2, 0.25) is 0 Å². The Labute approximate surface area is 184 Å². The fourth-order valence-electron chi connectivity index (χ4n) is 2.86. The summed E-state index contributed by atoms with van der Waals surface area (Å²) < 4.78 is 10.7. The van der Waals surface area contributed by atoms with E-state index in [4.69, 9.17) is 9.47 Å².